The van der Waals surface area contributed by atoms with E-state index in [1.54, 1.807) is 29.2 Å². The predicted molar refractivity (Wildman–Crippen MR) is 83.8 cm³/mol. The molecule has 5 nitrogen and oxygen atoms in total. The molecule has 1 aromatic carbocycles. The summed E-state index contributed by atoms with van der Waals surface area (Å²) in [6.45, 7) is 3.48. The molecule has 2 aliphatic heterocycles. The first-order valence-electron chi connectivity index (χ1n) is 7.52. The normalized spacial score (nSPS) is 22.4. The highest BCUT2D eigenvalue weighted by molar-refractivity contribution is 7.89. The fourth-order valence-electron chi connectivity index (χ4n) is 2.99. The Morgan fingerprint density at radius 3 is 2.41 bits per heavy atom. The first-order valence-corrected chi connectivity index (χ1v) is 8.96. The molecule has 22 heavy (non-hydrogen) atoms. The number of sulfonamides is 1. The zero-order chi connectivity index (χ0) is 15.7. The molecule has 118 valence electrons. The summed E-state index contributed by atoms with van der Waals surface area (Å²) >= 11 is 0. The molecule has 2 heterocycles. The lowest BCUT2D eigenvalue weighted by Crippen LogP contribution is -2.47. The average molecular weight is 320 g/mol. The molecule has 0 N–H and O–H groups in total. The van der Waals surface area contributed by atoms with E-state index in [0.717, 1.165) is 12.0 Å². The van der Waals surface area contributed by atoms with Gasteiger partial charge in [-0.1, -0.05) is 29.8 Å². The van der Waals surface area contributed by atoms with Crippen molar-refractivity contribution < 1.29 is 13.2 Å². The smallest absolute Gasteiger partial charge is 0.243 e. The molecule has 0 spiro atoms. The van der Waals surface area contributed by atoms with E-state index < -0.39 is 16.1 Å². The molecule has 0 aromatic heterocycles. The molecule has 1 fully saturated rings. The minimum absolute atomic E-state index is 0.0850. The van der Waals surface area contributed by atoms with Crippen molar-refractivity contribution in [2.75, 3.05) is 19.6 Å². The number of hydrogen-bond donors (Lipinski definition) is 0. The summed E-state index contributed by atoms with van der Waals surface area (Å²) in [5.41, 5.74) is 1.01. The van der Waals surface area contributed by atoms with Gasteiger partial charge in [-0.05, 0) is 31.9 Å². The fraction of sp³-hybridized carbons (Fsp3) is 0.438. The second-order valence-corrected chi connectivity index (χ2v) is 7.69. The van der Waals surface area contributed by atoms with Gasteiger partial charge in [-0.25, -0.2) is 8.42 Å². The molecule has 1 unspecified atom stereocenters. The van der Waals surface area contributed by atoms with Crippen molar-refractivity contribution in [1.82, 2.24) is 9.21 Å². The first-order chi connectivity index (χ1) is 10.5. The number of rotatable bonds is 3. The maximum absolute atomic E-state index is 12.8. The summed E-state index contributed by atoms with van der Waals surface area (Å²) in [5, 5.41) is 0. The van der Waals surface area contributed by atoms with Crippen molar-refractivity contribution in [1.29, 1.82) is 0 Å². The Labute approximate surface area is 131 Å². The molecule has 1 amide bonds. The van der Waals surface area contributed by atoms with Crippen LogP contribution in [0.1, 0.15) is 18.4 Å². The van der Waals surface area contributed by atoms with Crippen LogP contribution in [0.5, 0.6) is 0 Å². The van der Waals surface area contributed by atoms with Gasteiger partial charge in [0, 0.05) is 19.6 Å². The standard InChI is InChI=1S/C16H20N2O3S/c1-13-6-8-14(9-7-13)22(20,21)18-12-4-5-15(18)16(19)17-10-2-3-11-17/h2-3,6-9,15H,4-5,10-12H2,1H3. The lowest BCUT2D eigenvalue weighted by atomic mass is 10.2. The minimum atomic E-state index is -3.61. The van der Waals surface area contributed by atoms with Crippen molar-refractivity contribution in [3.05, 3.63) is 42.0 Å². The lowest BCUT2D eigenvalue weighted by Gasteiger charge is -2.27. The van der Waals surface area contributed by atoms with Crippen molar-refractivity contribution in [3.63, 3.8) is 0 Å². The highest BCUT2D eigenvalue weighted by Crippen LogP contribution is 2.27. The third-order valence-electron chi connectivity index (χ3n) is 4.25. The summed E-state index contributed by atoms with van der Waals surface area (Å²) < 4.78 is 27.0. The van der Waals surface area contributed by atoms with Crippen molar-refractivity contribution in [2.24, 2.45) is 0 Å². The molecule has 1 aromatic rings. The largest absolute Gasteiger partial charge is 0.334 e. The zero-order valence-corrected chi connectivity index (χ0v) is 13.4. The third-order valence-corrected chi connectivity index (χ3v) is 6.17. The Balaban J connectivity index is 1.85. The molecule has 0 bridgehead atoms. The van der Waals surface area contributed by atoms with Gasteiger partial charge in [-0.2, -0.15) is 4.31 Å². The highest BCUT2D eigenvalue weighted by Gasteiger charge is 2.41. The molecule has 0 saturated carbocycles. The van der Waals surface area contributed by atoms with Crippen LogP contribution in [0.25, 0.3) is 0 Å². The third kappa shape index (κ3) is 2.68. The van der Waals surface area contributed by atoms with Crippen molar-refractivity contribution >= 4 is 15.9 Å². The Bertz CT molecular complexity index is 687. The Morgan fingerprint density at radius 1 is 1.14 bits per heavy atom. The van der Waals surface area contributed by atoms with Gasteiger partial charge in [0.05, 0.1) is 4.90 Å². The number of aryl methyl sites for hydroxylation is 1. The molecular formula is C16H20N2O3S. The molecular weight excluding hydrogens is 300 g/mol. The second kappa shape index (κ2) is 5.85. The quantitative estimate of drug-likeness (QED) is 0.794. The molecule has 1 saturated heterocycles. The Kier molecular flexibility index (Phi) is 4.06. The van der Waals surface area contributed by atoms with Crippen LogP contribution in [-0.2, 0) is 14.8 Å². The second-order valence-electron chi connectivity index (χ2n) is 5.80. The maximum atomic E-state index is 12.8. The number of carbonyl (C=O) groups is 1. The monoisotopic (exact) mass is 320 g/mol. The number of amides is 1. The van der Waals surface area contributed by atoms with E-state index in [4.69, 9.17) is 0 Å². The van der Waals surface area contributed by atoms with E-state index in [-0.39, 0.29) is 10.8 Å². The van der Waals surface area contributed by atoms with E-state index in [0.29, 0.717) is 26.1 Å². The van der Waals surface area contributed by atoms with Gasteiger partial charge >= 0.3 is 0 Å². The SMILES string of the molecule is Cc1ccc(S(=O)(=O)N2CCCC2C(=O)N2CC=CC2)cc1. The maximum Gasteiger partial charge on any atom is 0.243 e. The van der Waals surface area contributed by atoms with Crippen LogP contribution >= 0.6 is 0 Å². The molecule has 0 radical (unpaired) electrons. The van der Waals surface area contributed by atoms with E-state index in [1.807, 2.05) is 19.1 Å². The molecule has 6 heteroatoms. The van der Waals surface area contributed by atoms with Gasteiger partial charge in [0.15, 0.2) is 0 Å². The predicted octanol–water partition coefficient (Wildman–Crippen LogP) is 1.55. The topological polar surface area (TPSA) is 57.7 Å². The first kappa shape index (κ1) is 15.2. The van der Waals surface area contributed by atoms with Crippen LogP contribution in [0, 0.1) is 6.92 Å². The van der Waals surface area contributed by atoms with Crippen molar-refractivity contribution in [2.45, 2.75) is 30.7 Å². The van der Waals surface area contributed by atoms with Crippen molar-refractivity contribution in [3.8, 4) is 0 Å². The molecule has 3 rings (SSSR count). The van der Waals surface area contributed by atoms with Gasteiger partial charge in [0.1, 0.15) is 6.04 Å². The van der Waals surface area contributed by atoms with Crippen LogP contribution in [0.2, 0.25) is 0 Å². The van der Waals surface area contributed by atoms with Gasteiger partial charge in [0.2, 0.25) is 15.9 Å². The van der Waals surface area contributed by atoms with E-state index in [2.05, 4.69) is 0 Å². The lowest BCUT2D eigenvalue weighted by molar-refractivity contribution is -0.133. The van der Waals surface area contributed by atoms with Gasteiger partial charge in [0.25, 0.3) is 0 Å². The number of hydrogen-bond acceptors (Lipinski definition) is 3. The van der Waals surface area contributed by atoms with Crippen LogP contribution in [0.15, 0.2) is 41.3 Å². The minimum Gasteiger partial charge on any atom is -0.334 e. The number of benzene rings is 1. The summed E-state index contributed by atoms with van der Waals surface area (Å²) in [4.78, 5) is 14.5. The summed E-state index contributed by atoms with van der Waals surface area (Å²) in [5.74, 6) is -0.0850. The van der Waals surface area contributed by atoms with Gasteiger partial charge < -0.3 is 4.90 Å². The summed E-state index contributed by atoms with van der Waals surface area (Å²) in [6.07, 6.45) is 5.19. The number of nitrogens with zero attached hydrogens (tertiary/aromatic N) is 2. The summed E-state index contributed by atoms with van der Waals surface area (Å²) in [7, 11) is -3.61. The van der Waals surface area contributed by atoms with Crippen LogP contribution in [0.4, 0.5) is 0 Å². The molecule has 1 atom stereocenters. The average Bonchev–Trinajstić information content (AvgIpc) is 3.19. The van der Waals surface area contributed by atoms with Gasteiger partial charge in [-0.15, -0.1) is 0 Å². The Morgan fingerprint density at radius 2 is 1.77 bits per heavy atom. The van der Waals surface area contributed by atoms with E-state index in [1.165, 1.54) is 4.31 Å². The fourth-order valence-corrected chi connectivity index (χ4v) is 4.64. The van der Waals surface area contributed by atoms with E-state index in [9.17, 15) is 13.2 Å². The molecule has 0 aliphatic carbocycles. The van der Waals surface area contributed by atoms with Crippen LogP contribution in [-0.4, -0.2) is 49.2 Å². The Hall–Kier alpha value is -1.66. The van der Waals surface area contributed by atoms with Crippen LogP contribution in [0.3, 0.4) is 0 Å². The van der Waals surface area contributed by atoms with Gasteiger partial charge in [-0.3, -0.25) is 4.79 Å². The number of carbonyl (C=O) groups excluding carboxylic acids is 1. The highest BCUT2D eigenvalue weighted by atomic mass is 32.2. The van der Waals surface area contributed by atoms with Crippen LogP contribution < -0.4 is 0 Å². The zero-order valence-electron chi connectivity index (χ0n) is 12.6. The molecule has 2 aliphatic rings. The van der Waals surface area contributed by atoms with E-state index >= 15 is 0 Å². The summed E-state index contributed by atoms with van der Waals surface area (Å²) in [6, 6.07) is 6.23.